The predicted octanol–water partition coefficient (Wildman–Crippen LogP) is 4.11. The summed E-state index contributed by atoms with van der Waals surface area (Å²) in [6.45, 7) is 16.4. The summed E-state index contributed by atoms with van der Waals surface area (Å²) in [4.78, 5) is 34.6. The highest BCUT2D eigenvalue weighted by atomic mass is 28.4. The monoisotopic (exact) mass is 440 g/mol. The molecule has 0 aliphatic carbocycles. The lowest BCUT2D eigenvalue weighted by Gasteiger charge is -2.30. The van der Waals surface area contributed by atoms with Gasteiger partial charge in [0.15, 0.2) is 8.32 Å². The summed E-state index contributed by atoms with van der Waals surface area (Å²) in [5, 5.41) is 0. The number of esters is 3. The summed E-state index contributed by atoms with van der Waals surface area (Å²) >= 11 is 0. The van der Waals surface area contributed by atoms with Gasteiger partial charge in [0.2, 0.25) is 0 Å². The Bertz CT molecular complexity index is 556. The van der Waals surface area contributed by atoms with Crippen LogP contribution in [0.2, 0.25) is 18.1 Å². The van der Waals surface area contributed by atoms with Gasteiger partial charge in [0, 0.05) is 23.8 Å². The second-order valence-electron chi connectivity index (χ2n) is 7.45. The Kier molecular flexibility index (Phi) is 13.7. The molecule has 170 valence electrons. The van der Waals surface area contributed by atoms with E-state index in [1.807, 2.05) is 0 Å². The summed E-state index contributed by atoms with van der Waals surface area (Å²) in [7, 11) is -0.522. The molecule has 8 heteroatoms. The van der Waals surface area contributed by atoms with Crippen molar-refractivity contribution in [1.29, 1.82) is 0 Å². The molecule has 0 saturated heterocycles. The van der Waals surface area contributed by atoms with E-state index in [9.17, 15) is 14.4 Å². The zero-order chi connectivity index (χ0) is 23.2. The van der Waals surface area contributed by atoms with Gasteiger partial charge in [-0.25, -0.2) is 14.4 Å². The summed E-state index contributed by atoms with van der Waals surface area (Å²) in [6.07, 6.45) is 1.99. The van der Waals surface area contributed by atoms with E-state index in [1.54, 1.807) is 27.9 Å². The topological polar surface area (TPSA) is 88.1 Å². The van der Waals surface area contributed by atoms with Crippen LogP contribution in [0, 0.1) is 0 Å². The lowest BCUT2D eigenvalue weighted by atomic mass is 10.4. The van der Waals surface area contributed by atoms with Gasteiger partial charge >= 0.3 is 17.9 Å². The van der Waals surface area contributed by atoms with Crippen LogP contribution in [0.15, 0.2) is 36.5 Å². The van der Waals surface area contributed by atoms with Crippen LogP contribution in [0.4, 0.5) is 0 Å². The van der Waals surface area contributed by atoms with Gasteiger partial charge in [0.25, 0.3) is 0 Å². The van der Waals surface area contributed by atoms with E-state index in [0.29, 0.717) is 55.8 Å². The summed E-state index contributed by atoms with van der Waals surface area (Å²) in [5.41, 5.74) is 1.09. The highest BCUT2D eigenvalue weighted by molar-refractivity contribution is 6.73. The first kappa shape index (κ1) is 27.8. The zero-order valence-electron chi connectivity index (χ0n) is 18.8. The lowest BCUT2D eigenvalue weighted by molar-refractivity contribution is -0.139. The number of hydrogen-bond acceptors (Lipinski definition) is 7. The standard InChI is InChI=1S/C22H36O7Si/c1-17(2)20(23)27-11-8-14-30(26-7,15-9-12-28-21(24)18(3)4)16-10-13-29-22(25)19(5)6/h1,3,5,8-16H2,2,4,6-7H3. The van der Waals surface area contributed by atoms with Crippen LogP contribution in [0.1, 0.15) is 40.0 Å². The number of rotatable bonds is 16. The minimum Gasteiger partial charge on any atom is -0.462 e. The second-order valence-corrected chi connectivity index (χ2v) is 11.7. The van der Waals surface area contributed by atoms with Crippen molar-refractivity contribution in [1.82, 2.24) is 0 Å². The normalized spacial score (nSPS) is 10.8. The third-order valence-corrected chi connectivity index (χ3v) is 9.17. The molecule has 7 nitrogen and oxygen atoms in total. The minimum absolute atomic E-state index is 0.291. The van der Waals surface area contributed by atoms with Gasteiger partial charge in [0.05, 0.1) is 19.8 Å². The molecule has 30 heavy (non-hydrogen) atoms. The highest BCUT2D eigenvalue weighted by Crippen LogP contribution is 2.27. The smallest absolute Gasteiger partial charge is 0.333 e. The second kappa shape index (κ2) is 14.7. The van der Waals surface area contributed by atoms with Gasteiger partial charge in [-0.2, -0.15) is 0 Å². The largest absolute Gasteiger partial charge is 0.462 e. The number of carbonyl (C=O) groups is 3. The molecule has 0 aromatic heterocycles. The van der Waals surface area contributed by atoms with Crippen LogP contribution < -0.4 is 0 Å². The Morgan fingerprint density at radius 2 is 0.900 bits per heavy atom. The van der Waals surface area contributed by atoms with Gasteiger partial charge in [-0.15, -0.1) is 0 Å². The average Bonchev–Trinajstić information content (AvgIpc) is 2.70. The fourth-order valence-electron chi connectivity index (χ4n) is 2.73. The minimum atomic E-state index is -2.21. The molecule has 0 N–H and O–H groups in total. The Hall–Kier alpha value is -2.19. The van der Waals surface area contributed by atoms with Gasteiger partial charge in [0.1, 0.15) is 0 Å². The van der Waals surface area contributed by atoms with Crippen molar-refractivity contribution in [2.24, 2.45) is 0 Å². The van der Waals surface area contributed by atoms with Crippen LogP contribution in [0.5, 0.6) is 0 Å². The van der Waals surface area contributed by atoms with Crippen LogP contribution in [0.25, 0.3) is 0 Å². The number of hydrogen-bond donors (Lipinski definition) is 0. The van der Waals surface area contributed by atoms with Crippen LogP contribution >= 0.6 is 0 Å². The van der Waals surface area contributed by atoms with E-state index in [4.69, 9.17) is 18.6 Å². The van der Waals surface area contributed by atoms with Crippen molar-refractivity contribution in [3.63, 3.8) is 0 Å². The molecular weight excluding hydrogens is 404 g/mol. The Balaban J connectivity index is 4.74. The zero-order valence-corrected chi connectivity index (χ0v) is 19.8. The maximum absolute atomic E-state index is 11.5. The Morgan fingerprint density at radius 3 is 1.10 bits per heavy atom. The molecule has 0 aliphatic heterocycles. The third kappa shape index (κ3) is 11.7. The van der Waals surface area contributed by atoms with Crippen LogP contribution in [0.3, 0.4) is 0 Å². The van der Waals surface area contributed by atoms with E-state index >= 15 is 0 Å². The molecule has 0 unspecified atom stereocenters. The van der Waals surface area contributed by atoms with Crippen molar-refractivity contribution in [3.8, 4) is 0 Å². The predicted molar refractivity (Wildman–Crippen MR) is 118 cm³/mol. The molecule has 0 fully saturated rings. The molecular formula is C22H36O7Si. The molecule has 0 aromatic rings. The quantitative estimate of drug-likeness (QED) is 0.117. The molecule has 0 saturated carbocycles. The van der Waals surface area contributed by atoms with Crippen molar-refractivity contribution < 1.29 is 33.0 Å². The van der Waals surface area contributed by atoms with Gasteiger partial charge in [-0.05, 0) is 58.2 Å². The summed E-state index contributed by atoms with van der Waals surface area (Å²) in [5.74, 6) is -1.21. The summed E-state index contributed by atoms with van der Waals surface area (Å²) in [6, 6.07) is 2.32. The van der Waals surface area contributed by atoms with E-state index in [2.05, 4.69) is 19.7 Å². The number of ether oxygens (including phenoxy) is 3. The molecule has 0 rings (SSSR count). The highest BCUT2D eigenvalue weighted by Gasteiger charge is 2.33. The third-order valence-electron chi connectivity index (χ3n) is 4.51. The van der Waals surface area contributed by atoms with Crippen LogP contribution in [-0.2, 0) is 33.0 Å². The number of carbonyl (C=O) groups excluding carboxylic acids is 3. The van der Waals surface area contributed by atoms with E-state index < -0.39 is 26.2 Å². The molecule has 0 atom stereocenters. The van der Waals surface area contributed by atoms with E-state index in [1.165, 1.54) is 0 Å². The molecule has 0 bridgehead atoms. The first-order valence-electron chi connectivity index (χ1n) is 10.1. The van der Waals surface area contributed by atoms with Crippen molar-refractivity contribution in [3.05, 3.63) is 36.5 Å². The fourth-order valence-corrected chi connectivity index (χ4v) is 6.46. The molecule has 0 amide bonds. The van der Waals surface area contributed by atoms with Gasteiger partial charge in [-0.1, -0.05) is 19.7 Å². The lowest BCUT2D eigenvalue weighted by Crippen LogP contribution is -2.38. The van der Waals surface area contributed by atoms with Crippen LogP contribution in [-0.4, -0.2) is 53.2 Å². The van der Waals surface area contributed by atoms with Gasteiger partial charge in [-0.3, -0.25) is 0 Å². The fraction of sp³-hybridized carbons (Fsp3) is 0.591. The summed E-state index contributed by atoms with van der Waals surface area (Å²) < 4.78 is 21.5. The molecule has 0 aromatic carbocycles. The maximum Gasteiger partial charge on any atom is 0.333 e. The Morgan fingerprint density at radius 1 is 0.633 bits per heavy atom. The molecule has 0 aliphatic rings. The molecule has 0 radical (unpaired) electrons. The van der Waals surface area contributed by atoms with E-state index in [-0.39, 0.29) is 0 Å². The Labute approximate surface area is 181 Å². The SMILES string of the molecule is C=C(C)C(=O)OCCC[Si](CCCOC(=O)C(=C)C)(CCCOC(=O)C(=C)C)OC. The van der Waals surface area contributed by atoms with Crippen molar-refractivity contribution in [2.75, 3.05) is 26.9 Å². The average molecular weight is 441 g/mol. The molecule has 0 spiro atoms. The first-order chi connectivity index (χ1) is 14.0. The first-order valence-corrected chi connectivity index (χ1v) is 12.6. The maximum atomic E-state index is 11.5. The van der Waals surface area contributed by atoms with Gasteiger partial charge < -0.3 is 18.6 Å². The van der Waals surface area contributed by atoms with Crippen molar-refractivity contribution in [2.45, 2.75) is 58.2 Å². The van der Waals surface area contributed by atoms with Crippen molar-refractivity contribution >= 4 is 26.2 Å². The molecule has 0 heterocycles. The van der Waals surface area contributed by atoms with E-state index in [0.717, 1.165) is 18.1 Å².